The first-order valence-electron chi connectivity index (χ1n) is 13.5. The van der Waals surface area contributed by atoms with Gasteiger partial charge in [-0.15, -0.1) is 0 Å². The number of hydrogen-bond donors (Lipinski definition) is 0. The summed E-state index contributed by atoms with van der Waals surface area (Å²) in [5, 5.41) is 8.08. The molecule has 0 saturated carbocycles. The van der Waals surface area contributed by atoms with Gasteiger partial charge in [0.25, 0.3) is 0 Å². The van der Waals surface area contributed by atoms with E-state index in [-0.39, 0.29) is 0 Å². The summed E-state index contributed by atoms with van der Waals surface area (Å²) in [4.78, 5) is 15.0. The molecule has 0 saturated heterocycles. The molecule has 0 aliphatic heterocycles. The fourth-order valence-corrected chi connectivity index (χ4v) is 5.68. The van der Waals surface area contributed by atoms with Crippen LogP contribution in [0, 0.1) is 0 Å². The Labute approximate surface area is 231 Å². The molecule has 0 amide bonds. The van der Waals surface area contributed by atoms with Gasteiger partial charge in [0, 0.05) is 39.0 Å². The summed E-state index contributed by atoms with van der Waals surface area (Å²) < 4.78 is 0. The molecule has 8 rings (SSSR count). The van der Waals surface area contributed by atoms with Crippen molar-refractivity contribution < 1.29 is 0 Å². The molecule has 3 heteroatoms. The molecule has 0 radical (unpaired) electrons. The molecule has 0 fully saturated rings. The van der Waals surface area contributed by atoms with Gasteiger partial charge in [0.1, 0.15) is 0 Å². The van der Waals surface area contributed by atoms with Gasteiger partial charge in [-0.1, -0.05) is 115 Å². The van der Waals surface area contributed by atoms with Gasteiger partial charge in [-0.25, -0.2) is 9.97 Å². The van der Waals surface area contributed by atoms with Crippen LogP contribution in [-0.2, 0) is 0 Å². The van der Waals surface area contributed by atoms with Gasteiger partial charge in [0.2, 0.25) is 0 Å². The Bertz CT molecular complexity index is 2210. The Morgan fingerprint density at radius 3 is 1.82 bits per heavy atom. The maximum Gasteiger partial charge on any atom is 0.160 e. The van der Waals surface area contributed by atoms with E-state index in [1.54, 1.807) is 0 Å². The SMILES string of the molecule is c1ccc2cc(-c3nc(-c4ccc(-c5nccc6ccccc56)cc4)nc4c3ccc3ccccc34)ccc2c1. The maximum atomic E-state index is 5.18. The Kier molecular flexibility index (Phi) is 5.14. The highest BCUT2D eigenvalue weighted by molar-refractivity contribution is 6.10. The summed E-state index contributed by atoms with van der Waals surface area (Å²) in [6.45, 7) is 0. The van der Waals surface area contributed by atoms with Crippen LogP contribution in [0.3, 0.4) is 0 Å². The van der Waals surface area contributed by atoms with E-state index >= 15 is 0 Å². The van der Waals surface area contributed by atoms with Crippen LogP contribution in [-0.4, -0.2) is 15.0 Å². The van der Waals surface area contributed by atoms with E-state index < -0.39 is 0 Å². The Morgan fingerprint density at radius 1 is 0.375 bits per heavy atom. The third kappa shape index (κ3) is 3.71. The van der Waals surface area contributed by atoms with Gasteiger partial charge < -0.3 is 0 Å². The first kappa shape index (κ1) is 22.6. The number of pyridine rings is 1. The molecule has 0 aliphatic carbocycles. The molecule has 8 aromatic rings. The predicted octanol–water partition coefficient (Wildman–Crippen LogP) is 9.49. The van der Waals surface area contributed by atoms with Gasteiger partial charge in [-0.3, -0.25) is 4.98 Å². The first-order valence-corrected chi connectivity index (χ1v) is 13.5. The number of aromatic nitrogens is 3. The maximum absolute atomic E-state index is 5.18. The van der Waals surface area contributed by atoms with E-state index in [0.29, 0.717) is 5.82 Å². The van der Waals surface area contributed by atoms with Crippen molar-refractivity contribution in [2.24, 2.45) is 0 Å². The van der Waals surface area contributed by atoms with Gasteiger partial charge >= 0.3 is 0 Å². The number of hydrogen-bond acceptors (Lipinski definition) is 3. The fraction of sp³-hybridized carbons (Fsp3) is 0. The van der Waals surface area contributed by atoms with Crippen LogP contribution in [0.2, 0.25) is 0 Å². The average molecular weight is 510 g/mol. The highest BCUT2D eigenvalue weighted by atomic mass is 14.9. The molecule has 40 heavy (non-hydrogen) atoms. The third-order valence-electron chi connectivity index (χ3n) is 7.70. The van der Waals surface area contributed by atoms with Crippen LogP contribution in [0.25, 0.3) is 77.1 Å². The van der Waals surface area contributed by atoms with E-state index in [2.05, 4.69) is 133 Å². The van der Waals surface area contributed by atoms with Crippen LogP contribution < -0.4 is 0 Å². The minimum Gasteiger partial charge on any atom is -0.256 e. The Balaban J connectivity index is 1.33. The zero-order valence-electron chi connectivity index (χ0n) is 21.6. The summed E-state index contributed by atoms with van der Waals surface area (Å²) in [5.74, 6) is 0.712. The third-order valence-corrected chi connectivity index (χ3v) is 7.70. The van der Waals surface area contributed by atoms with Crippen LogP contribution in [0.5, 0.6) is 0 Å². The van der Waals surface area contributed by atoms with Gasteiger partial charge in [0.15, 0.2) is 5.82 Å². The summed E-state index contributed by atoms with van der Waals surface area (Å²) in [6, 6.07) is 46.6. The van der Waals surface area contributed by atoms with E-state index in [1.165, 1.54) is 21.5 Å². The number of fused-ring (bicyclic) bond motifs is 5. The minimum absolute atomic E-state index is 0.712. The van der Waals surface area contributed by atoms with Crippen molar-refractivity contribution in [3.63, 3.8) is 0 Å². The van der Waals surface area contributed by atoms with Crippen LogP contribution in [0.1, 0.15) is 0 Å². The smallest absolute Gasteiger partial charge is 0.160 e. The van der Waals surface area contributed by atoms with Crippen molar-refractivity contribution in [3.8, 4) is 33.9 Å². The molecule has 0 spiro atoms. The highest BCUT2D eigenvalue weighted by Gasteiger charge is 2.15. The second-order valence-corrected chi connectivity index (χ2v) is 10.1. The van der Waals surface area contributed by atoms with Gasteiger partial charge in [-0.2, -0.15) is 0 Å². The lowest BCUT2D eigenvalue weighted by molar-refractivity contribution is 1.23. The first-order chi connectivity index (χ1) is 19.8. The Morgan fingerprint density at radius 2 is 1.00 bits per heavy atom. The molecule has 0 bridgehead atoms. The lowest BCUT2D eigenvalue weighted by Gasteiger charge is -2.12. The molecular weight excluding hydrogens is 486 g/mol. The van der Waals surface area contributed by atoms with E-state index in [0.717, 1.165) is 49.8 Å². The van der Waals surface area contributed by atoms with Crippen LogP contribution in [0.4, 0.5) is 0 Å². The fourth-order valence-electron chi connectivity index (χ4n) is 5.68. The molecule has 0 atom stereocenters. The molecule has 186 valence electrons. The summed E-state index contributed by atoms with van der Waals surface area (Å²) >= 11 is 0. The van der Waals surface area contributed by atoms with Crippen molar-refractivity contribution in [2.45, 2.75) is 0 Å². The highest BCUT2D eigenvalue weighted by Crippen LogP contribution is 2.35. The van der Waals surface area contributed by atoms with Gasteiger partial charge in [0.05, 0.1) is 16.9 Å². The number of benzene rings is 6. The summed E-state index contributed by atoms with van der Waals surface area (Å²) in [5.41, 5.74) is 6.01. The number of rotatable bonds is 3. The largest absolute Gasteiger partial charge is 0.256 e. The van der Waals surface area contributed by atoms with Gasteiger partial charge in [-0.05, 0) is 39.7 Å². The van der Waals surface area contributed by atoms with E-state index in [1.807, 2.05) is 6.20 Å². The zero-order chi connectivity index (χ0) is 26.5. The van der Waals surface area contributed by atoms with E-state index in [4.69, 9.17) is 15.0 Å². The Hall–Kier alpha value is -5.41. The topological polar surface area (TPSA) is 38.7 Å². The minimum atomic E-state index is 0.712. The van der Waals surface area contributed by atoms with Crippen LogP contribution in [0.15, 0.2) is 140 Å². The molecule has 0 aliphatic rings. The van der Waals surface area contributed by atoms with Crippen molar-refractivity contribution >= 4 is 43.2 Å². The van der Waals surface area contributed by atoms with Crippen molar-refractivity contribution in [3.05, 3.63) is 140 Å². The van der Waals surface area contributed by atoms with Crippen LogP contribution >= 0.6 is 0 Å². The van der Waals surface area contributed by atoms with Crippen molar-refractivity contribution in [1.29, 1.82) is 0 Å². The molecule has 2 aromatic heterocycles. The second kappa shape index (κ2) is 9.11. The normalized spacial score (nSPS) is 11.5. The summed E-state index contributed by atoms with van der Waals surface area (Å²) in [7, 11) is 0. The predicted molar refractivity (Wildman–Crippen MR) is 166 cm³/mol. The summed E-state index contributed by atoms with van der Waals surface area (Å²) in [6.07, 6.45) is 1.87. The van der Waals surface area contributed by atoms with Crippen molar-refractivity contribution in [2.75, 3.05) is 0 Å². The number of nitrogens with zero attached hydrogens (tertiary/aromatic N) is 3. The standard InChI is InChI=1S/C37H23N3/c1-2-10-29-23-30(18-13-24(29)7-1)35-33-20-19-25-8-3-6-12-32(25)36(33)40-37(39-35)28-16-14-27(15-17-28)34-31-11-5-4-9-26(31)21-22-38-34/h1-23H. The monoisotopic (exact) mass is 509 g/mol. The molecule has 0 N–H and O–H groups in total. The average Bonchev–Trinajstić information content (AvgIpc) is 3.03. The molecular formula is C37H23N3. The molecule has 3 nitrogen and oxygen atoms in total. The lowest BCUT2D eigenvalue weighted by Crippen LogP contribution is -1.96. The van der Waals surface area contributed by atoms with Crippen molar-refractivity contribution in [1.82, 2.24) is 15.0 Å². The lowest BCUT2D eigenvalue weighted by atomic mass is 9.99. The zero-order valence-corrected chi connectivity index (χ0v) is 21.6. The molecule has 2 heterocycles. The molecule has 6 aromatic carbocycles. The quantitative estimate of drug-likeness (QED) is 0.223. The molecule has 0 unspecified atom stereocenters. The van der Waals surface area contributed by atoms with E-state index in [9.17, 15) is 0 Å². The second-order valence-electron chi connectivity index (χ2n) is 10.1.